The molecule has 1 heterocycles. The lowest BCUT2D eigenvalue weighted by Crippen LogP contribution is -2.65. The molecule has 0 radical (unpaired) electrons. The average molecular weight is 252 g/mol. The van der Waals surface area contributed by atoms with Crippen molar-refractivity contribution in [2.75, 3.05) is 0 Å². The number of carbonyl (C=O) groups excluding carboxylic acids is 1. The summed E-state index contributed by atoms with van der Waals surface area (Å²) in [5, 5.41) is 0. The lowest BCUT2D eigenvalue weighted by atomic mass is 9.92. The number of carbonyl (C=O) groups is 1. The third kappa shape index (κ3) is 2.56. The minimum Gasteiger partial charge on any atom is -0.335 e. The first-order valence-corrected chi connectivity index (χ1v) is 5.77. The molecule has 3 nitrogen and oxygen atoms in total. The SMILES string of the molecule is C[C@@H]1CCC[C@H](C)N1C(=O)C(C)(N)C(F)(F)F. The van der Waals surface area contributed by atoms with E-state index in [9.17, 15) is 18.0 Å². The Morgan fingerprint density at radius 1 is 1.24 bits per heavy atom. The van der Waals surface area contributed by atoms with Crippen LogP contribution in [0.2, 0.25) is 0 Å². The normalized spacial score (nSPS) is 29.9. The molecule has 0 bridgehead atoms. The second-order valence-corrected chi connectivity index (χ2v) is 5.04. The third-order valence-corrected chi connectivity index (χ3v) is 3.46. The van der Waals surface area contributed by atoms with Crippen molar-refractivity contribution in [1.82, 2.24) is 4.90 Å². The van der Waals surface area contributed by atoms with Crippen LogP contribution in [-0.2, 0) is 4.79 Å². The maximum Gasteiger partial charge on any atom is 0.415 e. The lowest BCUT2D eigenvalue weighted by Gasteiger charge is -2.43. The number of halogens is 3. The van der Waals surface area contributed by atoms with E-state index in [1.807, 2.05) is 0 Å². The van der Waals surface area contributed by atoms with Gasteiger partial charge < -0.3 is 10.6 Å². The predicted octanol–water partition coefficient (Wildman–Crippen LogP) is 2.06. The molecule has 0 saturated carbocycles. The molecular weight excluding hydrogens is 233 g/mol. The first-order chi connectivity index (χ1) is 7.59. The molecule has 0 aromatic rings. The first-order valence-electron chi connectivity index (χ1n) is 5.77. The molecule has 17 heavy (non-hydrogen) atoms. The summed E-state index contributed by atoms with van der Waals surface area (Å²) in [6, 6.07) is -0.368. The standard InChI is InChI=1S/C11H19F3N2O/c1-7-5-4-6-8(2)16(7)9(17)10(3,15)11(12,13)14/h7-8H,4-6,15H2,1-3H3/t7-,8+,10?. The van der Waals surface area contributed by atoms with E-state index in [0.717, 1.165) is 26.2 Å². The molecule has 1 aliphatic rings. The van der Waals surface area contributed by atoms with Crippen molar-refractivity contribution in [2.45, 2.75) is 63.8 Å². The quantitative estimate of drug-likeness (QED) is 0.776. The highest BCUT2D eigenvalue weighted by Crippen LogP contribution is 2.33. The zero-order chi connectivity index (χ0) is 13.4. The Morgan fingerprint density at radius 2 is 1.65 bits per heavy atom. The molecule has 2 N–H and O–H groups in total. The van der Waals surface area contributed by atoms with Gasteiger partial charge in [-0.05, 0) is 40.0 Å². The summed E-state index contributed by atoms with van der Waals surface area (Å²) in [5.41, 5.74) is 2.38. The number of rotatable bonds is 1. The highest BCUT2D eigenvalue weighted by Gasteiger charge is 2.56. The van der Waals surface area contributed by atoms with Gasteiger partial charge in [-0.3, -0.25) is 4.79 Å². The van der Waals surface area contributed by atoms with E-state index >= 15 is 0 Å². The number of nitrogens with zero attached hydrogens (tertiary/aromatic N) is 1. The average Bonchev–Trinajstić information content (AvgIpc) is 2.15. The molecular formula is C11H19F3N2O. The molecule has 1 amide bonds. The van der Waals surface area contributed by atoms with Crippen LogP contribution in [0, 0.1) is 0 Å². The van der Waals surface area contributed by atoms with Gasteiger partial charge in [0.1, 0.15) is 0 Å². The smallest absolute Gasteiger partial charge is 0.335 e. The maximum atomic E-state index is 12.7. The summed E-state index contributed by atoms with van der Waals surface area (Å²) in [4.78, 5) is 13.3. The van der Waals surface area contributed by atoms with Gasteiger partial charge in [0.2, 0.25) is 0 Å². The summed E-state index contributed by atoms with van der Waals surface area (Å²) < 4.78 is 38.2. The number of alkyl halides is 3. The molecule has 1 aliphatic heterocycles. The van der Waals surface area contributed by atoms with Gasteiger partial charge in [0, 0.05) is 12.1 Å². The Labute approximate surface area is 99.1 Å². The fraction of sp³-hybridized carbons (Fsp3) is 0.909. The van der Waals surface area contributed by atoms with Crippen molar-refractivity contribution in [3.05, 3.63) is 0 Å². The second kappa shape index (κ2) is 4.48. The fourth-order valence-electron chi connectivity index (χ4n) is 2.21. The van der Waals surface area contributed by atoms with Gasteiger partial charge in [0.15, 0.2) is 5.54 Å². The third-order valence-electron chi connectivity index (χ3n) is 3.46. The highest BCUT2D eigenvalue weighted by molar-refractivity contribution is 5.87. The van der Waals surface area contributed by atoms with Crippen LogP contribution in [0.25, 0.3) is 0 Å². The van der Waals surface area contributed by atoms with Crippen LogP contribution in [0.4, 0.5) is 13.2 Å². The molecule has 100 valence electrons. The Balaban J connectivity index is 2.95. The molecule has 0 aromatic heterocycles. The monoisotopic (exact) mass is 252 g/mol. The number of hydrogen-bond acceptors (Lipinski definition) is 2. The Morgan fingerprint density at radius 3 is 2.00 bits per heavy atom. The molecule has 3 atom stereocenters. The van der Waals surface area contributed by atoms with E-state index in [1.54, 1.807) is 13.8 Å². The number of nitrogens with two attached hydrogens (primary N) is 1. The molecule has 0 aromatic carbocycles. The number of amides is 1. The van der Waals surface area contributed by atoms with Crippen LogP contribution >= 0.6 is 0 Å². The van der Waals surface area contributed by atoms with Crippen LogP contribution < -0.4 is 5.73 Å². The summed E-state index contributed by atoms with van der Waals surface area (Å²) >= 11 is 0. The van der Waals surface area contributed by atoms with Gasteiger partial charge in [0.05, 0.1) is 0 Å². The lowest BCUT2D eigenvalue weighted by molar-refractivity contribution is -0.197. The van der Waals surface area contributed by atoms with E-state index in [-0.39, 0.29) is 12.1 Å². The summed E-state index contributed by atoms with van der Waals surface area (Å²) in [6.07, 6.45) is -2.34. The fourth-order valence-corrected chi connectivity index (χ4v) is 2.21. The summed E-state index contributed by atoms with van der Waals surface area (Å²) in [7, 11) is 0. The van der Waals surface area contributed by atoms with Crippen LogP contribution in [0.5, 0.6) is 0 Å². The topological polar surface area (TPSA) is 46.3 Å². The first kappa shape index (κ1) is 14.3. The summed E-state index contributed by atoms with van der Waals surface area (Å²) in [5.74, 6) is -1.02. The van der Waals surface area contributed by atoms with E-state index in [1.165, 1.54) is 4.90 Å². The van der Waals surface area contributed by atoms with Crippen LogP contribution in [0.3, 0.4) is 0 Å². The van der Waals surface area contributed by atoms with Crippen molar-refractivity contribution in [1.29, 1.82) is 0 Å². The van der Waals surface area contributed by atoms with E-state index < -0.39 is 17.6 Å². The van der Waals surface area contributed by atoms with Gasteiger partial charge in [-0.1, -0.05) is 0 Å². The molecule has 0 spiro atoms. The Kier molecular flexibility index (Phi) is 3.76. The molecule has 0 aliphatic carbocycles. The zero-order valence-corrected chi connectivity index (χ0v) is 10.3. The van der Waals surface area contributed by atoms with E-state index in [0.29, 0.717) is 0 Å². The zero-order valence-electron chi connectivity index (χ0n) is 10.3. The van der Waals surface area contributed by atoms with Gasteiger partial charge in [-0.15, -0.1) is 0 Å². The second-order valence-electron chi connectivity index (χ2n) is 5.04. The van der Waals surface area contributed by atoms with Crippen molar-refractivity contribution < 1.29 is 18.0 Å². The molecule has 1 unspecified atom stereocenters. The van der Waals surface area contributed by atoms with Crippen LogP contribution in [0.1, 0.15) is 40.0 Å². The highest BCUT2D eigenvalue weighted by atomic mass is 19.4. The maximum absolute atomic E-state index is 12.7. The molecule has 1 rings (SSSR count). The van der Waals surface area contributed by atoms with E-state index in [2.05, 4.69) is 0 Å². The summed E-state index contributed by atoms with van der Waals surface area (Å²) in [6.45, 7) is 4.27. The molecule has 1 saturated heterocycles. The number of likely N-dealkylation sites (tertiary alicyclic amines) is 1. The van der Waals surface area contributed by atoms with Gasteiger partial charge in [-0.2, -0.15) is 13.2 Å². The minimum atomic E-state index is -4.72. The minimum absolute atomic E-state index is 0.184. The van der Waals surface area contributed by atoms with E-state index in [4.69, 9.17) is 5.73 Å². The molecule has 1 fully saturated rings. The largest absolute Gasteiger partial charge is 0.415 e. The van der Waals surface area contributed by atoms with Crippen LogP contribution in [-0.4, -0.2) is 34.6 Å². The van der Waals surface area contributed by atoms with Gasteiger partial charge in [-0.25, -0.2) is 0 Å². The van der Waals surface area contributed by atoms with Crippen LogP contribution in [0.15, 0.2) is 0 Å². The predicted molar refractivity (Wildman–Crippen MR) is 58.3 cm³/mol. The Hall–Kier alpha value is -0.780. The van der Waals surface area contributed by atoms with Gasteiger partial charge in [0.25, 0.3) is 5.91 Å². The number of hydrogen-bond donors (Lipinski definition) is 1. The molecule has 6 heteroatoms. The number of piperidine rings is 1. The van der Waals surface area contributed by atoms with Crippen molar-refractivity contribution in [3.63, 3.8) is 0 Å². The van der Waals surface area contributed by atoms with Crippen molar-refractivity contribution >= 4 is 5.91 Å². The van der Waals surface area contributed by atoms with Gasteiger partial charge >= 0.3 is 6.18 Å². The van der Waals surface area contributed by atoms with Crippen molar-refractivity contribution in [3.8, 4) is 0 Å². The Bertz CT molecular complexity index is 292. The van der Waals surface area contributed by atoms with Crippen molar-refractivity contribution in [2.24, 2.45) is 5.73 Å².